The summed E-state index contributed by atoms with van der Waals surface area (Å²) in [5.74, 6) is 0.939. The molecule has 4 aromatic rings. The molecule has 1 aliphatic heterocycles. The van der Waals surface area contributed by atoms with Crippen molar-refractivity contribution in [1.29, 1.82) is 0 Å². The number of carbonyl (C=O) groups excluding carboxylic acids is 2. The Hall–Kier alpha value is -4.33. The van der Waals surface area contributed by atoms with Gasteiger partial charge in [0, 0.05) is 43.5 Å². The lowest BCUT2D eigenvalue weighted by Crippen LogP contribution is -2.50. The number of para-hydroxylation sites is 2. The molecule has 1 aliphatic rings. The SMILES string of the molecule is COc1ccc(C(=O)N2CCN(C(=O)c3ccc(-n4cnc5ccccc54)cc3)CC2)c(OC)c1. The minimum atomic E-state index is -0.117. The fourth-order valence-corrected chi connectivity index (χ4v) is 4.37. The van der Waals surface area contributed by atoms with Crippen molar-refractivity contribution in [2.75, 3.05) is 40.4 Å². The zero-order valence-corrected chi connectivity index (χ0v) is 19.7. The predicted molar refractivity (Wildman–Crippen MR) is 132 cm³/mol. The molecule has 35 heavy (non-hydrogen) atoms. The number of fused-ring (bicyclic) bond motifs is 1. The van der Waals surface area contributed by atoms with Gasteiger partial charge in [0.1, 0.15) is 17.8 Å². The second-order valence-corrected chi connectivity index (χ2v) is 8.30. The molecule has 0 atom stereocenters. The van der Waals surface area contributed by atoms with Gasteiger partial charge in [-0.25, -0.2) is 4.98 Å². The Bertz CT molecular complexity index is 1370. The van der Waals surface area contributed by atoms with Crippen molar-refractivity contribution in [2.45, 2.75) is 0 Å². The zero-order chi connectivity index (χ0) is 24.4. The molecular weight excluding hydrogens is 444 g/mol. The lowest BCUT2D eigenvalue weighted by molar-refractivity contribution is 0.0533. The van der Waals surface area contributed by atoms with E-state index in [-0.39, 0.29) is 11.8 Å². The number of amides is 2. The summed E-state index contributed by atoms with van der Waals surface area (Å²) in [6, 6.07) is 20.6. The molecule has 0 saturated carbocycles. The molecule has 1 saturated heterocycles. The van der Waals surface area contributed by atoms with Crippen LogP contribution >= 0.6 is 0 Å². The second-order valence-electron chi connectivity index (χ2n) is 8.30. The summed E-state index contributed by atoms with van der Waals surface area (Å²) in [7, 11) is 3.10. The van der Waals surface area contributed by atoms with Gasteiger partial charge in [0.05, 0.1) is 30.8 Å². The van der Waals surface area contributed by atoms with Crippen LogP contribution in [0.1, 0.15) is 20.7 Å². The Labute approximate surface area is 203 Å². The highest BCUT2D eigenvalue weighted by Crippen LogP contribution is 2.26. The molecule has 3 aromatic carbocycles. The number of benzene rings is 3. The number of hydrogen-bond acceptors (Lipinski definition) is 5. The third-order valence-electron chi connectivity index (χ3n) is 6.34. The van der Waals surface area contributed by atoms with Gasteiger partial charge in [-0.05, 0) is 48.5 Å². The van der Waals surface area contributed by atoms with E-state index in [1.807, 2.05) is 53.1 Å². The smallest absolute Gasteiger partial charge is 0.257 e. The quantitative estimate of drug-likeness (QED) is 0.445. The van der Waals surface area contributed by atoms with Crippen LogP contribution in [-0.2, 0) is 0 Å². The van der Waals surface area contributed by atoms with E-state index >= 15 is 0 Å². The fraction of sp³-hybridized carbons (Fsp3) is 0.222. The maximum atomic E-state index is 13.1. The average molecular weight is 471 g/mol. The van der Waals surface area contributed by atoms with E-state index in [1.165, 1.54) is 7.11 Å². The topological polar surface area (TPSA) is 76.9 Å². The Morgan fingerprint density at radius 3 is 2.17 bits per heavy atom. The van der Waals surface area contributed by atoms with Gasteiger partial charge in [0.2, 0.25) is 0 Å². The van der Waals surface area contributed by atoms with Gasteiger partial charge < -0.3 is 19.3 Å². The van der Waals surface area contributed by atoms with Crippen LogP contribution in [0.4, 0.5) is 0 Å². The van der Waals surface area contributed by atoms with Crippen LogP contribution in [-0.4, -0.2) is 71.6 Å². The first-order valence-corrected chi connectivity index (χ1v) is 11.4. The van der Waals surface area contributed by atoms with Gasteiger partial charge in [-0.1, -0.05) is 12.1 Å². The van der Waals surface area contributed by atoms with Crippen molar-refractivity contribution in [1.82, 2.24) is 19.4 Å². The maximum absolute atomic E-state index is 13.1. The minimum Gasteiger partial charge on any atom is -0.497 e. The first kappa shape index (κ1) is 22.5. The van der Waals surface area contributed by atoms with Crippen molar-refractivity contribution in [3.8, 4) is 17.2 Å². The standard InChI is InChI=1S/C27H26N4O4/c1-34-21-11-12-22(25(17-21)35-2)27(33)30-15-13-29(14-16-30)26(32)19-7-9-20(10-8-19)31-18-28-23-5-3-4-6-24(23)31/h3-12,17-18H,13-16H2,1-2H3. The fourth-order valence-electron chi connectivity index (χ4n) is 4.37. The van der Waals surface area contributed by atoms with E-state index in [0.29, 0.717) is 48.8 Å². The molecule has 5 rings (SSSR count). The van der Waals surface area contributed by atoms with E-state index in [1.54, 1.807) is 41.4 Å². The Morgan fingerprint density at radius 1 is 0.800 bits per heavy atom. The zero-order valence-electron chi connectivity index (χ0n) is 19.7. The van der Waals surface area contributed by atoms with E-state index in [4.69, 9.17) is 9.47 Å². The maximum Gasteiger partial charge on any atom is 0.257 e. The summed E-state index contributed by atoms with van der Waals surface area (Å²) in [6.45, 7) is 1.85. The molecule has 1 aromatic heterocycles. The van der Waals surface area contributed by atoms with Crippen molar-refractivity contribution in [3.63, 3.8) is 0 Å². The number of carbonyl (C=O) groups is 2. The van der Waals surface area contributed by atoms with E-state index in [0.717, 1.165) is 16.7 Å². The normalized spacial score (nSPS) is 13.7. The van der Waals surface area contributed by atoms with Crippen molar-refractivity contribution < 1.29 is 19.1 Å². The van der Waals surface area contributed by atoms with Gasteiger partial charge >= 0.3 is 0 Å². The van der Waals surface area contributed by atoms with E-state index in [9.17, 15) is 9.59 Å². The number of ether oxygens (including phenoxy) is 2. The number of aromatic nitrogens is 2. The number of nitrogens with zero attached hydrogens (tertiary/aromatic N) is 4. The van der Waals surface area contributed by atoms with Gasteiger partial charge in [-0.2, -0.15) is 0 Å². The van der Waals surface area contributed by atoms with Gasteiger partial charge in [-0.15, -0.1) is 0 Å². The summed E-state index contributed by atoms with van der Waals surface area (Å²) in [5, 5.41) is 0. The average Bonchev–Trinajstić information content (AvgIpc) is 3.36. The molecule has 0 radical (unpaired) electrons. The summed E-state index contributed by atoms with van der Waals surface area (Å²) < 4.78 is 12.6. The number of methoxy groups -OCH3 is 2. The molecule has 2 heterocycles. The monoisotopic (exact) mass is 470 g/mol. The van der Waals surface area contributed by atoms with Crippen LogP contribution in [0.2, 0.25) is 0 Å². The van der Waals surface area contributed by atoms with Gasteiger partial charge in [0.25, 0.3) is 11.8 Å². The Kier molecular flexibility index (Phi) is 6.10. The molecule has 0 N–H and O–H groups in total. The predicted octanol–water partition coefficient (Wildman–Crippen LogP) is 3.64. The highest BCUT2D eigenvalue weighted by atomic mass is 16.5. The van der Waals surface area contributed by atoms with Crippen molar-refractivity contribution >= 4 is 22.8 Å². The summed E-state index contributed by atoms with van der Waals surface area (Å²) in [4.78, 5) is 34.1. The molecular formula is C27H26N4O4. The first-order valence-electron chi connectivity index (χ1n) is 11.4. The van der Waals surface area contributed by atoms with E-state index in [2.05, 4.69) is 4.98 Å². The van der Waals surface area contributed by atoms with Crippen molar-refractivity contribution in [3.05, 3.63) is 84.2 Å². The number of piperazine rings is 1. The van der Waals surface area contributed by atoms with E-state index < -0.39 is 0 Å². The van der Waals surface area contributed by atoms with Crippen LogP contribution in [0.25, 0.3) is 16.7 Å². The highest BCUT2D eigenvalue weighted by Gasteiger charge is 2.27. The third-order valence-corrected chi connectivity index (χ3v) is 6.34. The number of hydrogen-bond donors (Lipinski definition) is 0. The molecule has 2 amide bonds. The molecule has 0 unspecified atom stereocenters. The summed E-state index contributed by atoms with van der Waals surface area (Å²) in [5.41, 5.74) is 3.98. The molecule has 0 spiro atoms. The first-order chi connectivity index (χ1) is 17.1. The molecule has 178 valence electrons. The summed E-state index contributed by atoms with van der Waals surface area (Å²) >= 11 is 0. The van der Waals surface area contributed by atoms with Crippen LogP contribution in [0, 0.1) is 0 Å². The molecule has 8 nitrogen and oxygen atoms in total. The van der Waals surface area contributed by atoms with Crippen molar-refractivity contribution in [2.24, 2.45) is 0 Å². The van der Waals surface area contributed by atoms with Crippen LogP contribution < -0.4 is 9.47 Å². The largest absolute Gasteiger partial charge is 0.497 e. The van der Waals surface area contributed by atoms with Crippen LogP contribution in [0.15, 0.2) is 73.1 Å². The third kappa shape index (κ3) is 4.30. The molecule has 0 bridgehead atoms. The Balaban J connectivity index is 1.24. The van der Waals surface area contributed by atoms with Crippen LogP contribution in [0.5, 0.6) is 11.5 Å². The molecule has 1 fully saturated rings. The second kappa shape index (κ2) is 9.50. The molecule has 8 heteroatoms. The number of rotatable bonds is 5. The Morgan fingerprint density at radius 2 is 1.49 bits per heavy atom. The van der Waals surface area contributed by atoms with Crippen LogP contribution in [0.3, 0.4) is 0 Å². The molecule has 0 aliphatic carbocycles. The number of imidazole rings is 1. The summed E-state index contributed by atoms with van der Waals surface area (Å²) in [6.07, 6.45) is 1.79. The van der Waals surface area contributed by atoms with Gasteiger partial charge in [-0.3, -0.25) is 14.2 Å². The highest BCUT2D eigenvalue weighted by molar-refractivity contribution is 5.98. The minimum absolute atomic E-state index is 0.0406. The lowest BCUT2D eigenvalue weighted by atomic mass is 10.1. The van der Waals surface area contributed by atoms with Gasteiger partial charge in [0.15, 0.2) is 0 Å². The lowest BCUT2D eigenvalue weighted by Gasteiger charge is -2.35.